The van der Waals surface area contributed by atoms with Gasteiger partial charge in [-0.1, -0.05) is 0 Å². The predicted molar refractivity (Wildman–Crippen MR) is 178 cm³/mol. The summed E-state index contributed by atoms with van der Waals surface area (Å²) >= 11 is -5.47. The van der Waals surface area contributed by atoms with E-state index in [0.717, 1.165) is 14.3 Å². The van der Waals surface area contributed by atoms with E-state index in [1.807, 2.05) is 0 Å². The van der Waals surface area contributed by atoms with Crippen LogP contribution in [0, 0.1) is 13.8 Å². The van der Waals surface area contributed by atoms with Gasteiger partial charge in [0.15, 0.2) is 0 Å². The molecule has 42 heavy (non-hydrogen) atoms. The first-order valence-corrected chi connectivity index (χ1v) is 25.0. The van der Waals surface area contributed by atoms with E-state index in [2.05, 4.69) is 159 Å². The van der Waals surface area contributed by atoms with E-state index >= 15 is 0 Å². The summed E-state index contributed by atoms with van der Waals surface area (Å²) in [5.41, 5.74) is 12.1. The molecule has 0 radical (unpaired) electrons. The summed E-state index contributed by atoms with van der Waals surface area (Å²) in [5.74, 6) is 0. The molecule has 0 N–H and O–H groups in total. The summed E-state index contributed by atoms with van der Waals surface area (Å²) in [4.78, 5) is 0. The molecule has 5 aromatic carbocycles. The molecule has 0 nitrogen and oxygen atoms in total. The van der Waals surface area contributed by atoms with Crippen molar-refractivity contribution < 1.29 is 15.9 Å². The normalized spacial score (nSPS) is 16.2. The van der Waals surface area contributed by atoms with Gasteiger partial charge in [0.2, 0.25) is 0 Å². The number of fused-ring (bicyclic) bond motifs is 3. The molecule has 3 heteroatoms. The first-order chi connectivity index (χ1) is 20.4. The van der Waals surface area contributed by atoms with Crippen LogP contribution >= 0.6 is 17.0 Å². The number of halogens is 2. The van der Waals surface area contributed by atoms with Crippen LogP contribution in [-0.2, 0) is 15.9 Å². The number of allylic oxidation sites excluding steroid dienone is 4. The SMILES string of the molecule is Cc1cccc(C)c1C1=CC=C[CH]1[Zr]([Cl])([Cl])(=[C](c1ccccc1)c1ccccc1)[CH]1c2ccccc2-c2ccccc21. The molecule has 0 heterocycles. The van der Waals surface area contributed by atoms with Gasteiger partial charge in [-0.25, -0.2) is 0 Å². The molecule has 2 aliphatic rings. The third-order valence-electron chi connectivity index (χ3n) is 9.22. The fourth-order valence-electron chi connectivity index (χ4n) is 7.58. The molecule has 0 spiro atoms. The molecule has 5 aromatic rings. The number of aryl methyl sites for hydroxylation is 2. The summed E-state index contributed by atoms with van der Waals surface area (Å²) in [6.45, 7) is 4.40. The molecular weight excluding hydrogens is 631 g/mol. The minimum atomic E-state index is -5.47. The van der Waals surface area contributed by atoms with Gasteiger partial charge in [0.05, 0.1) is 0 Å². The van der Waals surface area contributed by atoms with E-state index in [4.69, 9.17) is 17.0 Å². The van der Waals surface area contributed by atoms with Crippen LogP contribution in [0.2, 0.25) is 3.63 Å². The van der Waals surface area contributed by atoms with E-state index < -0.39 is 15.9 Å². The zero-order valence-corrected chi connectivity index (χ0v) is 27.7. The fraction of sp³-hybridized carbons (Fsp3) is 0.103. The fourth-order valence-corrected chi connectivity index (χ4v) is 28.3. The van der Waals surface area contributed by atoms with Crippen LogP contribution < -0.4 is 0 Å². The van der Waals surface area contributed by atoms with Crippen LogP contribution in [0.4, 0.5) is 0 Å². The van der Waals surface area contributed by atoms with Crippen molar-refractivity contribution in [2.45, 2.75) is 21.1 Å². The van der Waals surface area contributed by atoms with E-state index in [1.165, 1.54) is 44.5 Å². The zero-order valence-electron chi connectivity index (χ0n) is 23.8. The Balaban J connectivity index is 1.68. The quantitative estimate of drug-likeness (QED) is 0.176. The van der Waals surface area contributed by atoms with E-state index in [0.29, 0.717) is 0 Å². The van der Waals surface area contributed by atoms with Gasteiger partial charge < -0.3 is 0 Å². The van der Waals surface area contributed by atoms with Gasteiger partial charge in [-0.05, 0) is 0 Å². The van der Waals surface area contributed by atoms with E-state index in [9.17, 15) is 0 Å². The Bertz CT molecular complexity index is 1850. The number of hydrogen-bond donors (Lipinski definition) is 0. The predicted octanol–water partition coefficient (Wildman–Crippen LogP) is 11.1. The molecule has 0 fully saturated rings. The second kappa shape index (κ2) is 10.6. The maximum absolute atomic E-state index is 8.79. The first-order valence-electron chi connectivity index (χ1n) is 14.6. The van der Waals surface area contributed by atoms with Crippen molar-refractivity contribution in [1.82, 2.24) is 0 Å². The Morgan fingerprint density at radius 2 is 1.05 bits per heavy atom. The van der Waals surface area contributed by atoms with Crippen molar-refractivity contribution in [3.8, 4) is 11.1 Å². The first kappa shape index (κ1) is 27.7. The van der Waals surface area contributed by atoms with Crippen molar-refractivity contribution in [2.75, 3.05) is 0 Å². The third-order valence-corrected chi connectivity index (χ3v) is 28.8. The number of benzene rings is 5. The Morgan fingerprint density at radius 1 is 0.571 bits per heavy atom. The van der Waals surface area contributed by atoms with Crippen LogP contribution in [0.15, 0.2) is 146 Å². The Hall–Kier alpha value is -3.09. The number of hydrogen-bond acceptors (Lipinski definition) is 0. The Labute approximate surface area is 256 Å². The summed E-state index contributed by atoms with van der Waals surface area (Å²) < 4.78 is 0.832. The van der Waals surface area contributed by atoms with Crippen LogP contribution in [-0.4, -0.2) is 3.21 Å². The van der Waals surface area contributed by atoms with Crippen molar-refractivity contribution in [1.29, 1.82) is 0 Å². The van der Waals surface area contributed by atoms with Crippen molar-refractivity contribution >= 4 is 25.8 Å². The van der Waals surface area contributed by atoms with Crippen LogP contribution in [0.3, 0.4) is 0 Å². The van der Waals surface area contributed by atoms with Gasteiger partial charge in [-0.3, -0.25) is 0 Å². The summed E-state index contributed by atoms with van der Waals surface area (Å²) in [6, 6.07) is 45.3. The third kappa shape index (κ3) is 4.17. The molecule has 1 atom stereocenters. The summed E-state index contributed by atoms with van der Waals surface area (Å²) in [5, 5.41) is 0. The van der Waals surface area contributed by atoms with Gasteiger partial charge >= 0.3 is 259 Å². The van der Waals surface area contributed by atoms with Gasteiger partial charge in [-0.15, -0.1) is 0 Å². The van der Waals surface area contributed by atoms with Crippen molar-refractivity contribution in [3.63, 3.8) is 0 Å². The van der Waals surface area contributed by atoms with Crippen LogP contribution in [0.1, 0.15) is 42.6 Å². The van der Waals surface area contributed by atoms with Gasteiger partial charge in [0, 0.05) is 0 Å². The molecular formula is C39H32Cl2Zr. The van der Waals surface area contributed by atoms with Gasteiger partial charge in [-0.2, -0.15) is 0 Å². The number of rotatable bonds is 5. The zero-order chi connectivity index (χ0) is 28.9. The van der Waals surface area contributed by atoms with Gasteiger partial charge in [0.25, 0.3) is 0 Å². The molecule has 7 rings (SSSR count). The molecule has 0 aliphatic heterocycles. The average molecular weight is 663 g/mol. The topological polar surface area (TPSA) is 0 Å². The van der Waals surface area contributed by atoms with Gasteiger partial charge in [0.1, 0.15) is 0 Å². The maximum atomic E-state index is 8.79. The summed E-state index contributed by atoms with van der Waals surface area (Å²) in [7, 11) is 17.6. The molecule has 0 bridgehead atoms. The Morgan fingerprint density at radius 3 is 1.57 bits per heavy atom. The molecule has 0 saturated heterocycles. The van der Waals surface area contributed by atoms with Crippen molar-refractivity contribution in [3.05, 3.63) is 185 Å². The second-order valence-corrected chi connectivity index (χ2v) is 32.2. The van der Waals surface area contributed by atoms with Crippen molar-refractivity contribution in [2.24, 2.45) is 0 Å². The molecule has 0 aromatic heterocycles. The molecule has 0 amide bonds. The second-order valence-electron chi connectivity index (χ2n) is 11.6. The molecule has 2 aliphatic carbocycles. The average Bonchev–Trinajstić information content (AvgIpc) is 3.63. The van der Waals surface area contributed by atoms with E-state index in [-0.39, 0.29) is 7.25 Å². The molecule has 0 saturated carbocycles. The Kier molecular flexibility index (Phi) is 6.98. The van der Waals surface area contributed by atoms with Crippen LogP contribution in [0.5, 0.6) is 0 Å². The standard InChI is InChI=1S/C13H9.C13H13.C13H10.2ClH.Zr/c1-3-7-12-10(5-1)9-11-6-2-4-8-13(11)12;1-10-6-5-7-11(2)13(10)12-8-3-4-9-12;1-3-7-12(8-4-1)11-13-9-5-2-6-10-13;;;/h1-9H;3-9H,1-2H3;1-10H;2*1H;/q;;;;;+2/p-2. The summed E-state index contributed by atoms with van der Waals surface area (Å²) in [6.07, 6.45) is 6.75. The van der Waals surface area contributed by atoms with E-state index in [1.54, 1.807) is 0 Å². The minimum absolute atomic E-state index is 0.141. The molecule has 206 valence electrons. The monoisotopic (exact) mass is 660 g/mol. The molecule has 1 unspecified atom stereocenters. The van der Waals surface area contributed by atoms with Crippen LogP contribution in [0.25, 0.3) is 16.7 Å².